The van der Waals surface area contributed by atoms with Crippen molar-refractivity contribution in [3.05, 3.63) is 34.9 Å². The largest absolute Gasteiger partial charge is 0.307 e. The third-order valence-corrected chi connectivity index (χ3v) is 4.65. The highest BCUT2D eigenvalue weighted by molar-refractivity contribution is 5.36. The highest BCUT2D eigenvalue weighted by Gasteiger charge is 2.16. The fraction of sp³-hybridized carbons (Fsp3) is 0.684. The zero-order chi connectivity index (χ0) is 14.4. The molecule has 20 heavy (non-hydrogen) atoms. The van der Waals surface area contributed by atoms with E-state index in [9.17, 15) is 0 Å². The van der Waals surface area contributed by atoms with Crippen LogP contribution in [-0.4, -0.2) is 6.04 Å². The van der Waals surface area contributed by atoms with Crippen LogP contribution in [-0.2, 0) is 12.8 Å². The van der Waals surface area contributed by atoms with Crippen molar-refractivity contribution in [2.75, 3.05) is 0 Å². The van der Waals surface area contributed by atoms with Crippen LogP contribution in [0.25, 0.3) is 0 Å². The normalized spacial score (nSPS) is 16.9. The van der Waals surface area contributed by atoms with Crippen molar-refractivity contribution in [1.29, 1.82) is 0 Å². The Labute approximate surface area is 125 Å². The number of hydrogen-bond acceptors (Lipinski definition) is 1. The predicted molar refractivity (Wildman–Crippen MR) is 88.2 cm³/mol. The minimum absolute atomic E-state index is 0.481. The summed E-state index contributed by atoms with van der Waals surface area (Å²) >= 11 is 0. The second-order valence-corrected chi connectivity index (χ2v) is 6.40. The number of benzene rings is 1. The van der Waals surface area contributed by atoms with Crippen molar-refractivity contribution in [1.82, 2.24) is 5.32 Å². The Bertz CT molecular complexity index is 410. The summed E-state index contributed by atoms with van der Waals surface area (Å²) in [4.78, 5) is 0. The van der Waals surface area contributed by atoms with Crippen LogP contribution in [0, 0.1) is 0 Å². The van der Waals surface area contributed by atoms with Gasteiger partial charge in [0.25, 0.3) is 0 Å². The Morgan fingerprint density at radius 1 is 1.05 bits per heavy atom. The van der Waals surface area contributed by atoms with Gasteiger partial charge in [0, 0.05) is 12.1 Å². The van der Waals surface area contributed by atoms with Crippen LogP contribution in [0.2, 0.25) is 0 Å². The molecule has 0 bridgehead atoms. The van der Waals surface area contributed by atoms with Gasteiger partial charge >= 0.3 is 0 Å². The van der Waals surface area contributed by atoms with Crippen molar-refractivity contribution in [3.63, 3.8) is 0 Å². The molecular weight excluding hydrogens is 242 g/mol. The van der Waals surface area contributed by atoms with Gasteiger partial charge in [-0.3, -0.25) is 0 Å². The summed E-state index contributed by atoms with van der Waals surface area (Å²) in [5.74, 6) is 0. The van der Waals surface area contributed by atoms with E-state index in [1.807, 2.05) is 0 Å². The van der Waals surface area contributed by atoms with E-state index >= 15 is 0 Å². The summed E-state index contributed by atoms with van der Waals surface area (Å²) in [6.45, 7) is 6.90. The van der Waals surface area contributed by atoms with Gasteiger partial charge in [0.05, 0.1) is 0 Å². The molecule has 1 aliphatic rings. The van der Waals surface area contributed by atoms with Gasteiger partial charge in [0.2, 0.25) is 0 Å². The van der Waals surface area contributed by atoms with Gasteiger partial charge in [-0.1, -0.05) is 51.3 Å². The summed E-state index contributed by atoms with van der Waals surface area (Å²) < 4.78 is 0. The van der Waals surface area contributed by atoms with E-state index in [0.29, 0.717) is 12.1 Å². The van der Waals surface area contributed by atoms with Crippen LogP contribution in [0.3, 0.4) is 0 Å². The number of nitrogens with one attached hydrogen (secondary N) is 1. The highest BCUT2D eigenvalue weighted by Crippen LogP contribution is 2.26. The van der Waals surface area contributed by atoms with Crippen molar-refractivity contribution in [2.24, 2.45) is 0 Å². The molecule has 0 amide bonds. The molecule has 2 rings (SSSR count). The maximum absolute atomic E-state index is 3.86. The first kappa shape index (κ1) is 15.6. The first-order valence-corrected chi connectivity index (χ1v) is 8.62. The Hall–Kier alpha value is -0.820. The number of unbranched alkanes of at least 4 members (excludes halogenated alkanes) is 1. The van der Waals surface area contributed by atoms with E-state index in [-0.39, 0.29) is 0 Å². The fourth-order valence-corrected chi connectivity index (χ4v) is 3.42. The molecule has 0 aromatic heterocycles. The molecule has 0 spiro atoms. The molecule has 1 aliphatic carbocycles. The molecule has 1 nitrogen and oxygen atoms in total. The third-order valence-electron chi connectivity index (χ3n) is 4.65. The fourth-order valence-electron chi connectivity index (χ4n) is 3.42. The molecule has 0 fully saturated rings. The molecule has 0 saturated carbocycles. The molecule has 112 valence electrons. The van der Waals surface area contributed by atoms with Gasteiger partial charge in [-0.15, -0.1) is 0 Å². The zero-order valence-corrected chi connectivity index (χ0v) is 13.5. The lowest BCUT2D eigenvalue weighted by molar-refractivity contribution is 0.396. The van der Waals surface area contributed by atoms with Gasteiger partial charge in [-0.2, -0.15) is 0 Å². The average Bonchev–Trinajstić information content (AvgIpc) is 2.92. The lowest BCUT2D eigenvalue weighted by Gasteiger charge is -2.24. The number of fused-ring (bicyclic) bond motifs is 1. The SMILES string of the molecule is CCCCC(CCC)NC(C)c1ccc2c(c1)CCC2. The molecule has 1 aromatic rings. The van der Waals surface area contributed by atoms with Crippen LogP contribution < -0.4 is 5.32 Å². The molecular formula is C19H31N. The molecule has 0 heterocycles. The Morgan fingerprint density at radius 2 is 1.85 bits per heavy atom. The molecule has 1 heteroatoms. The van der Waals surface area contributed by atoms with E-state index in [4.69, 9.17) is 0 Å². The minimum atomic E-state index is 0.481. The second kappa shape index (κ2) is 7.83. The summed E-state index contributed by atoms with van der Waals surface area (Å²) in [7, 11) is 0. The first-order valence-electron chi connectivity index (χ1n) is 8.62. The van der Waals surface area contributed by atoms with E-state index in [2.05, 4.69) is 44.3 Å². The smallest absolute Gasteiger partial charge is 0.0294 e. The van der Waals surface area contributed by atoms with Crippen LogP contribution in [0.15, 0.2) is 18.2 Å². The van der Waals surface area contributed by atoms with Gasteiger partial charge in [0.15, 0.2) is 0 Å². The summed E-state index contributed by atoms with van der Waals surface area (Å²) in [5.41, 5.74) is 4.65. The quantitative estimate of drug-likeness (QED) is 0.687. The second-order valence-electron chi connectivity index (χ2n) is 6.40. The Balaban J connectivity index is 1.96. The Kier molecular flexibility index (Phi) is 6.09. The van der Waals surface area contributed by atoms with E-state index in [1.54, 1.807) is 11.1 Å². The molecule has 2 unspecified atom stereocenters. The molecule has 1 N–H and O–H groups in total. The standard InChI is InChI=1S/C19H31N/c1-4-6-11-19(8-5-2)20-15(3)17-13-12-16-9-7-10-18(16)14-17/h12-15,19-20H,4-11H2,1-3H3. The van der Waals surface area contributed by atoms with Crippen molar-refractivity contribution in [2.45, 2.75) is 84.2 Å². The lowest BCUT2D eigenvalue weighted by atomic mass is 9.99. The van der Waals surface area contributed by atoms with Crippen LogP contribution in [0.1, 0.15) is 82.0 Å². The maximum Gasteiger partial charge on any atom is 0.0294 e. The topological polar surface area (TPSA) is 12.0 Å². The zero-order valence-electron chi connectivity index (χ0n) is 13.5. The summed E-state index contributed by atoms with van der Waals surface area (Å²) in [6.07, 6.45) is 10.4. The first-order chi connectivity index (χ1) is 9.74. The molecule has 1 aromatic carbocycles. The molecule has 2 atom stereocenters. The minimum Gasteiger partial charge on any atom is -0.307 e. The number of hydrogen-bond donors (Lipinski definition) is 1. The molecule has 0 saturated heterocycles. The monoisotopic (exact) mass is 273 g/mol. The van der Waals surface area contributed by atoms with Crippen LogP contribution in [0.4, 0.5) is 0 Å². The number of aryl methyl sites for hydroxylation is 2. The van der Waals surface area contributed by atoms with Crippen molar-refractivity contribution >= 4 is 0 Å². The van der Waals surface area contributed by atoms with Gasteiger partial charge < -0.3 is 5.32 Å². The molecule has 0 radical (unpaired) electrons. The maximum atomic E-state index is 3.86. The van der Waals surface area contributed by atoms with Gasteiger partial charge in [0.1, 0.15) is 0 Å². The molecule has 0 aliphatic heterocycles. The number of rotatable bonds is 8. The predicted octanol–water partition coefficient (Wildman–Crippen LogP) is 5.18. The van der Waals surface area contributed by atoms with E-state index in [0.717, 1.165) is 0 Å². The van der Waals surface area contributed by atoms with Gasteiger partial charge in [-0.05, 0) is 55.7 Å². The van der Waals surface area contributed by atoms with Crippen molar-refractivity contribution < 1.29 is 0 Å². The van der Waals surface area contributed by atoms with E-state index in [1.165, 1.54) is 56.9 Å². The Morgan fingerprint density at radius 3 is 2.60 bits per heavy atom. The highest BCUT2D eigenvalue weighted by atomic mass is 14.9. The van der Waals surface area contributed by atoms with E-state index < -0.39 is 0 Å². The van der Waals surface area contributed by atoms with Gasteiger partial charge in [-0.25, -0.2) is 0 Å². The summed E-state index contributed by atoms with van der Waals surface area (Å²) in [6, 6.07) is 8.31. The summed E-state index contributed by atoms with van der Waals surface area (Å²) in [5, 5.41) is 3.86. The average molecular weight is 273 g/mol. The lowest BCUT2D eigenvalue weighted by Crippen LogP contribution is -2.31. The third kappa shape index (κ3) is 4.09. The van der Waals surface area contributed by atoms with Crippen LogP contribution >= 0.6 is 0 Å². The van der Waals surface area contributed by atoms with Crippen molar-refractivity contribution in [3.8, 4) is 0 Å². The van der Waals surface area contributed by atoms with Crippen LogP contribution in [0.5, 0.6) is 0 Å².